The van der Waals surface area contributed by atoms with Crippen LogP contribution in [0.5, 0.6) is 5.88 Å². The fourth-order valence-corrected chi connectivity index (χ4v) is 6.68. The Kier molecular flexibility index (Phi) is 9.52. The molecular formula is C24H36FN6O9PS. The van der Waals surface area contributed by atoms with Crippen LogP contribution in [0.1, 0.15) is 40.8 Å². The minimum Gasteiger partial charge on any atom is -0.479 e. The van der Waals surface area contributed by atoms with Crippen LogP contribution in [0.4, 0.5) is 10.3 Å². The molecule has 15 nitrogen and oxygen atoms in total. The van der Waals surface area contributed by atoms with Gasteiger partial charge in [0.2, 0.25) is 11.8 Å². The second-order valence-electron chi connectivity index (χ2n) is 11.1. The molecule has 4 N–H and O–H groups in total. The molecule has 0 saturated carbocycles. The summed E-state index contributed by atoms with van der Waals surface area (Å²) in [6, 6.07) is -0.786. The Morgan fingerprint density at radius 3 is 2.74 bits per heavy atom. The monoisotopic (exact) mass is 634 g/mol. The Hall–Kier alpha value is -2.40. The normalized spacial score (nSPS) is 28.5. The molecule has 2 aromatic heterocycles. The SMILES string of the molecule is COc1nc(N)nc2c1ncn2C1OC2COP(=O)(OCCSC(=O)C(C)(C)COC(=O)C(N)C(C)C)OC2C1(C)F. The van der Waals surface area contributed by atoms with Crippen LogP contribution >= 0.6 is 19.6 Å². The summed E-state index contributed by atoms with van der Waals surface area (Å²) in [6.45, 7) is 7.46. The van der Waals surface area contributed by atoms with E-state index in [2.05, 4.69) is 15.0 Å². The number of ether oxygens (including phenoxy) is 3. The Labute approximate surface area is 246 Å². The van der Waals surface area contributed by atoms with E-state index in [1.54, 1.807) is 27.7 Å². The lowest BCUT2D eigenvalue weighted by Crippen LogP contribution is -2.44. The Balaban J connectivity index is 1.33. The maximum Gasteiger partial charge on any atom is 0.475 e. The highest BCUT2D eigenvalue weighted by Crippen LogP contribution is 2.59. The first-order valence-electron chi connectivity index (χ1n) is 13.1. The predicted molar refractivity (Wildman–Crippen MR) is 149 cm³/mol. The zero-order chi connectivity index (χ0) is 31.0. The number of imidazole rings is 1. The number of hydrogen-bond donors (Lipinski definition) is 2. The molecular weight excluding hydrogens is 598 g/mol. The molecule has 2 aliphatic heterocycles. The van der Waals surface area contributed by atoms with Gasteiger partial charge in [-0.3, -0.25) is 27.7 Å². The molecule has 0 radical (unpaired) electrons. The number of fused-ring (bicyclic) bond motifs is 2. The van der Waals surface area contributed by atoms with E-state index in [1.807, 2.05) is 0 Å². The highest BCUT2D eigenvalue weighted by atomic mass is 32.2. The fraction of sp³-hybridized carbons (Fsp3) is 0.708. The standard InChI is InChI=1S/C24H36FN6O9PS/c1-12(2)14(26)19(32)36-10-23(3,4)21(33)42-8-7-37-41(34)38-9-13-16(40-41)24(5,25)20(39-13)31-11-28-15-17(31)29-22(27)30-18(15)35-6/h11-14,16,20H,7-10,26H2,1-6H3,(H2,27,29,30). The van der Waals surface area contributed by atoms with E-state index in [-0.39, 0.29) is 59.6 Å². The zero-order valence-electron chi connectivity index (χ0n) is 24.1. The third-order valence-corrected chi connectivity index (χ3v) is 9.49. The number of halogens is 1. The van der Waals surface area contributed by atoms with Crippen molar-refractivity contribution in [1.29, 1.82) is 0 Å². The fourth-order valence-electron chi connectivity index (χ4n) is 4.29. The molecule has 2 saturated heterocycles. The molecule has 0 aliphatic carbocycles. The second kappa shape index (κ2) is 12.3. The van der Waals surface area contributed by atoms with E-state index >= 15 is 4.39 Å². The van der Waals surface area contributed by atoms with Crippen molar-refractivity contribution in [3.05, 3.63) is 6.33 Å². The minimum absolute atomic E-state index is 0.0858. The largest absolute Gasteiger partial charge is 0.479 e. The summed E-state index contributed by atoms with van der Waals surface area (Å²) in [5.41, 5.74) is 8.75. The zero-order valence-corrected chi connectivity index (χ0v) is 25.9. The van der Waals surface area contributed by atoms with E-state index in [1.165, 1.54) is 24.9 Å². The van der Waals surface area contributed by atoms with E-state index in [0.717, 1.165) is 11.8 Å². The number of phosphoric ester groups is 1. The highest BCUT2D eigenvalue weighted by Gasteiger charge is 2.61. The van der Waals surface area contributed by atoms with Gasteiger partial charge < -0.3 is 25.7 Å². The predicted octanol–water partition coefficient (Wildman–Crippen LogP) is 2.40. The summed E-state index contributed by atoms with van der Waals surface area (Å²) < 4.78 is 63.3. The first kappa shape index (κ1) is 32.5. The van der Waals surface area contributed by atoms with E-state index < -0.39 is 49.4 Å². The number of phosphoric acid groups is 1. The number of nitrogens with zero attached hydrogens (tertiary/aromatic N) is 4. The lowest BCUT2D eigenvalue weighted by molar-refractivity contribution is -0.150. The average molecular weight is 635 g/mol. The van der Waals surface area contributed by atoms with Crippen LogP contribution in [0.25, 0.3) is 11.2 Å². The van der Waals surface area contributed by atoms with Crippen molar-refractivity contribution >= 4 is 47.8 Å². The summed E-state index contributed by atoms with van der Waals surface area (Å²) >= 11 is 0.900. The first-order valence-corrected chi connectivity index (χ1v) is 15.6. The van der Waals surface area contributed by atoms with Gasteiger partial charge in [0.15, 0.2) is 28.2 Å². The molecule has 0 aromatic carbocycles. The summed E-state index contributed by atoms with van der Waals surface area (Å²) in [5, 5.41) is -0.280. The van der Waals surface area contributed by atoms with E-state index in [4.69, 9.17) is 39.2 Å². The number of aromatic nitrogens is 4. The molecule has 4 heterocycles. The number of carbonyl (C=O) groups is 2. The summed E-state index contributed by atoms with van der Waals surface area (Å²) in [5.74, 6) is -0.599. The minimum atomic E-state index is -4.20. The van der Waals surface area contributed by atoms with Gasteiger partial charge in [-0.25, -0.2) is 13.9 Å². The van der Waals surface area contributed by atoms with Crippen LogP contribution in [0.3, 0.4) is 0 Å². The summed E-state index contributed by atoms with van der Waals surface area (Å²) in [7, 11) is -2.81. The maximum atomic E-state index is 16.2. The number of nitrogen functional groups attached to an aromatic ring is 1. The number of esters is 1. The number of methoxy groups -OCH3 is 1. The van der Waals surface area contributed by atoms with Crippen LogP contribution in [0.15, 0.2) is 6.33 Å². The number of alkyl halides is 1. The van der Waals surface area contributed by atoms with Crippen LogP contribution < -0.4 is 16.2 Å². The Bertz CT molecular complexity index is 1380. The summed E-state index contributed by atoms with van der Waals surface area (Å²) in [6.07, 6.45) is -2.21. The summed E-state index contributed by atoms with van der Waals surface area (Å²) in [4.78, 5) is 37.0. The Morgan fingerprint density at radius 2 is 2.07 bits per heavy atom. The molecule has 0 amide bonds. The van der Waals surface area contributed by atoms with Gasteiger partial charge in [0.25, 0.3) is 0 Å². The maximum absolute atomic E-state index is 16.2. The quantitative estimate of drug-likeness (QED) is 0.207. The lowest BCUT2D eigenvalue weighted by Gasteiger charge is -2.33. The number of hydrogen-bond acceptors (Lipinski definition) is 15. The van der Waals surface area contributed by atoms with Gasteiger partial charge >= 0.3 is 13.8 Å². The van der Waals surface area contributed by atoms with Crippen molar-refractivity contribution in [3.63, 3.8) is 0 Å². The molecule has 0 spiro atoms. The number of anilines is 1. The lowest BCUT2D eigenvalue weighted by atomic mass is 9.97. The topological polar surface area (TPSA) is 202 Å². The van der Waals surface area contributed by atoms with E-state index in [9.17, 15) is 14.2 Å². The van der Waals surface area contributed by atoms with Crippen molar-refractivity contribution in [2.45, 2.75) is 64.8 Å². The van der Waals surface area contributed by atoms with Gasteiger partial charge in [-0.2, -0.15) is 9.97 Å². The smallest absolute Gasteiger partial charge is 0.475 e. The third kappa shape index (κ3) is 6.56. The second-order valence-corrected chi connectivity index (χ2v) is 13.8. The molecule has 0 bridgehead atoms. The molecule has 234 valence electrons. The van der Waals surface area contributed by atoms with Crippen molar-refractivity contribution in [2.75, 3.05) is 38.4 Å². The molecule has 6 atom stereocenters. The van der Waals surface area contributed by atoms with Gasteiger partial charge in [-0.05, 0) is 26.7 Å². The van der Waals surface area contributed by atoms with Crippen molar-refractivity contribution in [1.82, 2.24) is 19.5 Å². The molecule has 18 heteroatoms. The number of carbonyl (C=O) groups excluding carboxylic acids is 2. The number of rotatable bonds is 11. The van der Waals surface area contributed by atoms with Gasteiger partial charge in [0.1, 0.15) is 24.9 Å². The first-order chi connectivity index (χ1) is 19.6. The van der Waals surface area contributed by atoms with Gasteiger partial charge in [-0.15, -0.1) is 0 Å². The van der Waals surface area contributed by atoms with Gasteiger partial charge in [0, 0.05) is 5.75 Å². The number of thioether (sulfide) groups is 1. The van der Waals surface area contributed by atoms with Gasteiger partial charge in [0.05, 0.1) is 32.1 Å². The van der Waals surface area contributed by atoms with Crippen LogP contribution in [-0.2, 0) is 37.2 Å². The highest BCUT2D eigenvalue weighted by molar-refractivity contribution is 8.13. The van der Waals surface area contributed by atoms with Crippen molar-refractivity contribution in [3.8, 4) is 5.88 Å². The van der Waals surface area contributed by atoms with Gasteiger partial charge in [-0.1, -0.05) is 25.6 Å². The van der Waals surface area contributed by atoms with Crippen molar-refractivity contribution in [2.24, 2.45) is 17.1 Å². The third-order valence-electron chi connectivity index (χ3n) is 6.86. The average Bonchev–Trinajstić information content (AvgIpc) is 3.45. The number of nitrogens with two attached hydrogens (primary N) is 2. The van der Waals surface area contributed by atoms with Crippen LogP contribution in [-0.4, -0.2) is 87.2 Å². The Morgan fingerprint density at radius 1 is 1.36 bits per heavy atom. The molecule has 42 heavy (non-hydrogen) atoms. The molecule has 6 unspecified atom stereocenters. The van der Waals surface area contributed by atoms with Crippen LogP contribution in [0, 0.1) is 11.3 Å². The molecule has 2 aliphatic rings. The molecule has 2 fully saturated rings. The van der Waals surface area contributed by atoms with Crippen molar-refractivity contribution < 1.29 is 46.3 Å². The molecule has 4 rings (SSSR count). The van der Waals surface area contributed by atoms with E-state index in [0.29, 0.717) is 0 Å². The van der Waals surface area contributed by atoms with Crippen LogP contribution in [0.2, 0.25) is 0 Å². The molecule has 2 aromatic rings.